The van der Waals surface area contributed by atoms with Crippen molar-refractivity contribution in [2.75, 3.05) is 14.2 Å². The number of ether oxygens (including phenoxy) is 2. The van der Waals surface area contributed by atoms with Gasteiger partial charge < -0.3 is 9.47 Å². The Bertz CT molecular complexity index is 1080. The Labute approximate surface area is 160 Å². The van der Waals surface area contributed by atoms with E-state index in [9.17, 15) is 0 Å². The normalized spacial score (nSPS) is 10.8. The first kappa shape index (κ1) is 17.2. The van der Waals surface area contributed by atoms with Gasteiger partial charge in [0.25, 0.3) is 0 Å². The van der Waals surface area contributed by atoms with Gasteiger partial charge in [-0.15, -0.1) is 0 Å². The molecule has 0 bridgehead atoms. The van der Waals surface area contributed by atoms with Crippen LogP contribution in [-0.4, -0.2) is 14.2 Å². The molecular formula is C25H22O2. The lowest BCUT2D eigenvalue weighted by Gasteiger charge is -2.16. The van der Waals surface area contributed by atoms with Crippen LogP contribution in [0.2, 0.25) is 0 Å². The third kappa shape index (κ3) is 3.15. The van der Waals surface area contributed by atoms with E-state index in [4.69, 9.17) is 9.47 Å². The van der Waals surface area contributed by atoms with E-state index in [2.05, 4.69) is 61.5 Å². The summed E-state index contributed by atoms with van der Waals surface area (Å²) >= 11 is 0. The van der Waals surface area contributed by atoms with Crippen molar-refractivity contribution in [3.8, 4) is 33.8 Å². The van der Waals surface area contributed by atoms with Crippen molar-refractivity contribution in [2.45, 2.75) is 6.92 Å². The summed E-state index contributed by atoms with van der Waals surface area (Å²) in [7, 11) is 3.39. The maximum atomic E-state index is 5.31. The molecule has 27 heavy (non-hydrogen) atoms. The van der Waals surface area contributed by atoms with Crippen molar-refractivity contribution in [1.29, 1.82) is 0 Å². The number of hydrogen-bond acceptors (Lipinski definition) is 2. The van der Waals surface area contributed by atoms with E-state index in [1.54, 1.807) is 14.2 Å². The summed E-state index contributed by atoms with van der Waals surface area (Å²) < 4.78 is 10.6. The van der Waals surface area contributed by atoms with Gasteiger partial charge in [-0.2, -0.15) is 0 Å². The first-order chi connectivity index (χ1) is 13.2. The Morgan fingerprint density at radius 3 is 1.67 bits per heavy atom. The minimum absolute atomic E-state index is 0.870. The van der Waals surface area contributed by atoms with Gasteiger partial charge in [0, 0.05) is 0 Å². The predicted molar refractivity (Wildman–Crippen MR) is 113 cm³/mol. The Morgan fingerprint density at radius 1 is 0.593 bits per heavy atom. The highest BCUT2D eigenvalue weighted by atomic mass is 16.5. The molecule has 0 aliphatic rings. The lowest BCUT2D eigenvalue weighted by atomic mass is 9.88. The van der Waals surface area contributed by atoms with Gasteiger partial charge >= 0.3 is 0 Å². The molecule has 0 spiro atoms. The Morgan fingerprint density at radius 2 is 1.11 bits per heavy atom. The molecule has 2 nitrogen and oxygen atoms in total. The standard InChI is InChI=1S/C25H22O2/c1-17-16-24(18-8-12-20(26-2)13-9-18)22-6-4-5-7-23(22)25(17)19-10-14-21(27-3)15-11-19/h4-16H,1-3H3. The van der Waals surface area contributed by atoms with Crippen molar-refractivity contribution in [3.05, 3.63) is 84.4 Å². The maximum absolute atomic E-state index is 5.31. The third-order valence-electron chi connectivity index (χ3n) is 5.02. The van der Waals surface area contributed by atoms with Gasteiger partial charge in [-0.3, -0.25) is 0 Å². The summed E-state index contributed by atoms with van der Waals surface area (Å²) in [6, 6.07) is 27.4. The minimum Gasteiger partial charge on any atom is -0.497 e. The van der Waals surface area contributed by atoms with Gasteiger partial charge in [-0.25, -0.2) is 0 Å². The van der Waals surface area contributed by atoms with Crippen LogP contribution in [0.4, 0.5) is 0 Å². The highest BCUT2D eigenvalue weighted by Crippen LogP contribution is 2.39. The van der Waals surface area contributed by atoms with Gasteiger partial charge in [-0.05, 0) is 69.8 Å². The number of rotatable bonds is 4. The molecule has 0 saturated carbocycles. The molecule has 0 amide bonds. The van der Waals surface area contributed by atoms with Crippen LogP contribution in [0.3, 0.4) is 0 Å². The van der Waals surface area contributed by atoms with E-state index >= 15 is 0 Å². The van der Waals surface area contributed by atoms with Gasteiger partial charge in [0.05, 0.1) is 14.2 Å². The van der Waals surface area contributed by atoms with Crippen molar-refractivity contribution >= 4 is 10.8 Å². The van der Waals surface area contributed by atoms with Crippen LogP contribution in [0, 0.1) is 6.92 Å². The van der Waals surface area contributed by atoms with Crippen LogP contribution >= 0.6 is 0 Å². The second-order valence-corrected chi connectivity index (χ2v) is 6.62. The summed E-state index contributed by atoms with van der Waals surface area (Å²) in [6.07, 6.45) is 0. The molecule has 4 aromatic carbocycles. The monoisotopic (exact) mass is 354 g/mol. The van der Waals surface area contributed by atoms with E-state index in [-0.39, 0.29) is 0 Å². The topological polar surface area (TPSA) is 18.5 Å². The highest BCUT2D eigenvalue weighted by Gasteiger charge is 2.13. The number of benzene rings is 4. The lowest BCUT2D eigenvalue weighted by molar-refractivity contribution is 0.415. The first-order valence-electron chi connectivity index (χ1n) is 9.02. The largest absolute Gasteiger partial charge is 0.497 e. The SMILES string of the molecule is COc1ccc(-c2cc(C)c(-c3ccc(OC)cc3)c3ccccc23)cc1. The van der Waals surface area contributed by atoms with Crippen LogP contribution in [0.5, 0.6) is 11.5 Å². The predicted octanol–water partition coefficient (Wildman–Crippen LogP) is 6.50. The average molecular weight is 354 g/mol. The molecule has 4 aromatic rings. The average Bonchev–Trinajstić information content (AvgIpc) is 2.73. The Kier molecular flexibility index (Phi) is 4.55. The number of fused-ring (bicyclic) bond motifs is 1. The minimum atomic E-state index is 0.870. The van der Waals surface area contributed by atoms with Gasteiger partial charge in [-0.1, -0.05) is 54.6 Å². The van der Waals surface area contributed by atoms with Crippen molar-refractivity contribution in [2.24, 2.45) is 0 Å². The van der Waals surface area contributed by atoms with Crippen LogP contribution in [0.15, 0.2) is 78.9 Å². The number of hydrogen-bond donors (Lipinski definition) is 0. The third-order valence-corrected chi connectivity index (χ3v) is 5.02. The zero-order valence-electron chi connectivity index (χ0n) is 15.8. The summed E-state index contributed by atoms with van der Waals surface area (Å²) in [5.74, 6) is 1.74. The second kappa shape index (κ2) is 7.16. The lowest BCUT2D eigenvalue weighted by Crippen LogP contribution is -1.91. The van der Waals surface area contributed by atoms with E-state index < -0.39 is 0 Å². The number of aryl methyl sites for hydroxylation is 1. The summed E-state index contributed by atoms with van der Waals surface area (Å²) in [6.45, 7) is 2.18. The van der Waals surface area contributed by atoms with Crippen LogP contribution in [-0.2, 0) is 0 Å². The molecule has 134 valence electrons. The van der Waals surface area contributed by atoms with Gasteiger partial charge in [0.1, 0.15) is 11.5 Å². The van der Waals surface area contributed by atoms with Crippen molar-refractivity contribution in [1.82, 2.24) is 0 Å². The zero-order chi connectivity index (χ0) is 18.8. The van der Waals surface area contributed by atoms with E-state index in [1.165, 1.54) is 38.6 Å². The van der Waals surface area contributed by atoms with Crippen LogP contribution < -0.4 is 9.47 Å². The fourth-order valence-corrected chi connectivity index (χ4v) is 3.67. The Balaban J connectivity index is 1.93. The fraction of sp³-hybridized carbons (Fsp3) is 0.120. The summed E-state index contributed by atoms with van der Waals surface area (Å²) in [5, 5.41) is 2.51. The highest BCUT2D eigenvalue weighted by molar-refractivity contribution is 6.06. The molecule has 0 atom stereocenters. The van der Waals surface area contributed by atoms with Crippen LogP contribution in [0.25, 0.3) is 33.0 Å². The van der Waals surface area contributed by atoms with E-state index in [0.717, 1.165) is 11.5 Å². The number of methoxy groups -OCH3 is 2. The molecule has 0 radical (unpaired) electrons. The quantitative estimate of drug-likeness (QED) is 0.416. The second-order valence-electron chi connectivity index (χ2n) is 6.62. The van der Waals surface area contributed by atoms with E-state index in [0.29, 0.717) is 0 Å². The first-order valence-corrected chi connectivity index (χ1v) is 9.02. The zero-order valence-corrected chi connectivity index (χ0v) is 15.8. The smallest absolute Gasteiger partial charge is 0.118 e. The van der Waals surface area contributed by atoms with Gasteiger partial charge in [0.2, 0.25) is 0 Å². The molecule has 0 aliphatic heterocycles. The molecular weight excluding hydrogens is 332 g/mol. The van der Waals surface area contributed by atoms with Crippen LogP contribution in [0.1, 0.15) is 5.56 Å². The molecule has 0 saturated heterocycles. The molecule has 0 aliphatic carbocycles. The van der Waals surface area contributed by atoms with Gasteiger partial charge in [0.15, 0.2) is 0 Å². The summed E-state index contributed by atoms with van der Waals surface area (Å²) in [5.41, 5.74) is 6.15. The molecule has 0 N–H and O–H groups in total. The maximum Gasteiger partial charge on any atom is 0.118 e. The molecule has 0 fully saturated rings. The molecule has 0 unspecified atom stereocenters. The van der Waals surface area contributed by atoms with Crippen molar-refractivity contribution in [3.63, 3.8) is 0 Å². The molecule has 2 heteroatoms. The summed E-state index contributed by atoms with van der Waals surface area (Å²) in [4.78, 5) is 0. The fourth-order valence-electron chi connectivity index (χ4n) is 3.67. The molecule has 0 aromatic heterocycles. The Hall–Kier alpha value is -3.26. The van der Waals surface area contributed by atoms with E-state index in [1.807, 2.05) is 24.3 Å². The molecule has 4 rings (SSSR count). The molecule has 0 heterocycles. The van der Waals surface area contributed by atoms with Crippen molar-refractivity contribution < 1.29 is 9.47 Å².